The van der Waals surface area contributed by atoms with E-state index in [0.717, 1.165) is 18.8 Å². The smallest absolute Gasteiger partial charge is 0.322 e. The summed E-state index contributed by atoms with van der Waals surface area (Å²) >= 11 is 0. The van der Waals surface area contributed by atoms with E-state index < -0.39 is 0 Å². The largest absolute Gasteiger partial charge is 0.467 e. The Kier molecular flexibility index (Phi) is 4.92. The second kappa shape index (κ2) is 6.88. The van der Waals surface area contributed by atoms with Gasteiger partial charge >= 0.3 is 6.01 Å². The highest BCUT2D eigenvalue weighted by Gasteiger charge is 2.14. The van der Waals surface area contributed by atoms with Crippen molar-refractivity contribution < 1.29 is 4.74 Å². The van der Waals surface area contributed by atoms with Crippen LogP contribution in [-0.2, 0) is 0 Å². The van der Waals surface area contributed by atoms with Crippen LogP contribution in [0, 0.1) is 6.92 Å². The van der Waals surface area contributed by atoms with Crippen molar-refractivity contribution in [2.24, 2.45) is 0 Å². The molecule has 1 aromatic carbocycles. The zero-order valence-electron chi connectivity index (χ0n) is 12.9. The van der Waals surface area contributed by atoms with Crippen molar-refractivity contribution in [2.45, 2.75) is 20.8 Å². The predicted octanol–water partition coefficient (Wildman–Crippen LogP) is 2.78. The third kappa shape index (κ3) is 3.59. The molecule has 0 saturated heterocycles. The number of anilines is 3. The Labute approximate surface area is 125 Å². The van der Waals surface area contributed by atoms with E-state index in [0.29, 0.717) is 17.9 Å². The Bertz CT molecular complexity index is 602. The number of ether oxygens (including phenoxy) is 1. The van der Waals surface area contributed by atoms with E-state index >= 15 is 0 Å². The van der Waals surface area contributed by atoms with E-state index in [2.05, 4.69) is 46.2 Å². The van der Waals surface area contributed by atoms with Crippen LogP contribution in [0.3, 0.4) is 0 Å². The van der Waals surface area contributed by atoms with E-state index in [4.69, 9.17) is 4.74 Å². The van der Waals surface area contributed by atoms with Gasteiger partial charge in [0, 0.05) is 18.8 Å². The molecule has 2 rings (SSSR count). The first-order chi connectivity index (χ1) is 10.2. The van der Waals surface area contributed by atoms with Gasteiger partial charge in [-0.05, 0) is 38.5 Å². The monoisotopic (exact) mass is 287 g/mol. The van der Waals surface area contributed by atoms with Gasteiger partial charge in [-0.15, -0.1) is 0 Å². The van der Waals surface area contributed by atoms with Crippen LogP contribution in [0.5, 0.6) is 6.01 Å². The minimum absolute atomic E-state index is 0.307. The molecule has 0 spiro atoms. The third-order valence-corrected chi connectivity index (χ3v) is 2.99. The number of nitrogens with zero attached hydrogens (tertiary/aromatic N) is 4. The van der Waals surface area contributed by atoms with Gasteiger partial charge in [0.15, 0.2) is 0 Å². The first kappa shape index (κ1) is 15.0. The quantitative estimate of drug-likeness (QED) is 0.881. The highest BCUT2D eigenvalue weighted by atomic mass is 16.5. The maximum absolute atomic E-state index is 5.17. The van der Waals surface area contributed by atoms with E-state index in [1.807, 2.05) is 24.0 Å². The van der Waals surface area contributed by atoms with Gasteiger partial charge in [0.05, 0.1) is 7.11 Å². The van der Waals surface area contributed by atoms with Crippen molar-refractivity contribution in [2.75, 3.05) is 30.4 Å². The van der Waals surface area contributed by atoms with Gasteiger partial charge in [-0.2, -0.15) is 15.0 Å². The Balaban J connectivity index is 2.43. The minimum Gasteiger partial charge on any atom is -0.467 e. The van der Waals surface area contributed by atoms with Crippen molar-refractivity contribution in [1.29, 1.82) is 0 Å². The Hall–Kier alpha value is -2.37. The maximum atomic E-state index is 5.17. The van der Waals surface area contributed by atoms with Crippen LogP contribution in [0.25, 0.3) is 0 Å². The number of hydrogen-bond donors (Lipinski definition) is 1. The number of hydrogen-bond acceptors (Lipinski definition) is 6. The SMILES string of the molecule is CCNc1nc(OC)nc(N(CC)c2cccc(C)c2)n1. The van der Waals surface area contributed by atoms with Crippen molar-refractivity contribution in [3.63, 3.8) is 0 Å². The molecule has 0 unspecified atom stereocenters. The van der Waals surface area contributed by atoms with E-state index in [1.54, 1.807) is 7.11 Å². The summed E-state index contributed by atoms with van der Waals surface area (Å²) in [5, 5.41) is 3.10. The number of aromatic nitrogens is 3. The lowest BCUT2D eigenvalue weighted by Gasteiger charge is -2.21. The van der Waals surface area contributed by atoms with Crippen LogP contribution >= 0.6 is 0 Å². The van der Waals surface area contributed by atoms with Crippen LogP contribution < -0.4 is 15.0 Å². The van der Waals surface area contributed by atoms with Crippen LogP contribution in [-0.4, -0.2) is 35.2 Å². The molecule has 0 aliphatic carbocycles. The first-order valence-corrected chi connectivity index (χ1v) is 7.06. The number of aryl methyl sites for hydroxylation is 1. The van der Waals surface area contributed by atoms with Gasteiger partial charge in [0.25, 0.3) is 0 Å². The molecule has 0 saturated carbocycles. The summed E-state index contributed by atoms with van der Waals surface area (Å²) in [6.07, 6.45) is 0. The van der Waals surface area contributed by atoms with Gasteiger partial charge in [-0.3, -0.25) is 0 Å². The lowest BCUT2D eigenvalue weighted by Crippen LogP contribution is -2.20. The zero-order valence-corrected chi connectivity index (χ0v) is 12.9. The Morgan fingerprint density at radius 2 is 2.00 bits per heavy atom. The van der Waals surface area contributed by atoms with Gasteiger partial charge in [0.1, 0.15) is 0 Å². The summed E-state index contributed by atoms with van der Waals surface area (Å²) in [6, 6.07) is 8.54. The molecule has 0 aliphatic heterocycles. The molecule has 1 heterocycles. The molecule has 1 aromatic heterocycles. The molecule has 0 atom stereocenters. The topological polar surface area (TPSA) is 63.2 Å². The molecule has 6 heteroatoms. The van der Waals surface area contributed by atoms with Crippen molar-refractivity contribution in [3.05, 3.63) is 29.8 Å². The summed E-state index contributed by atoms with van der Waals surface area (Å²) in [5.41, 5.74) is 2.24. The fourth-order valence-electron chi connectivity index (χ4n) is 2.03. The van der Waals surface area contributed by atoms with Gasteiger partial charge < -0.3 is 15.0 Å². The highest BCUT2D eigenvalue weighted by Crippen LogP contribution is 2.24. The number of methoxy groups -OCH3 is 1. The lowest BCUT2D eigenvalue weighted by atomic mass is 10.2. The van der Waals surface area contributed by atoms with Crippen LogP contribution in [0.2, 0.25) is 0 Å². The number of rotatable bonds is 6. The molecule has 0 bridgehead atoms. The summed E-state index contributed by atoms with van der Waals surface area (Å²) in [7, 11) is 1.55. The molecular formula is C15H21N5O. The van der Waals surface area contributed by atoms with E-state index in [-0.39, 0.29) is 0 Å². The normalized spacial score (nSPS) is 10.3. The zero-order chi connectivity index (χ0) is 15.2. The first-order valence-electron chi connectivity index (χ1n) is 7.06. The minimum atomic E-state index is 0.307. The number of benzene rings is 1. The fourth-order valence-corrected chi connectivity index (χ4v) is 2.03. The molecule has 0 radical (unpaired) electrons. The third-order valence-electron chi connectivity index (χ3n) is 2.99. The average molecular weight is 287 g/mol. The second-order valence-electron chi connectivity index (χ2n) is 4.56. The number of nitrogens with one attached hydrogen (secondary N) is 1. The van der Waals surface area contributed by atoms with Crippen LogP contribution in [0.15, 0.2) is 24.3 Å². The Morgan fingerprint density at radius 1 is 1.19 bits per heavy atom. The van der Waals surface area contributed by atoms with E-state index in [9.17, 15) is 0 Å². The molecule has 2 aromatic rings. The van der Waals surface area contributed by atoms with Crippen molar-refractivity contribution >= 4 is 17.6 Å². The Morgan fingerprint density at radius 3 is 2.62 bits per heavy atom. The summed E-state index contributed by atoms with van der Waals surface area (Å²) in [6.45, 7) is 7.61. The summed E-state index contributed by atoms with van der Waals surface area (Å²) in [5.74, 6) is 1.09. The molecule has 0 aliphatic rings. The van der Waals surface area contributed by atoms with Gasteiger partial charge in [0.2, 0.25) is 11.9 Å². The predicted molar refractivity (Wildman–Crippen MR) is 84.4 cm³/mol. The molecular weight excluding hydrogens is 266 g/mol. The molecule has 0 fully saturated rings. The molecule has 21 heavy (non-hydrogen) atoms. The fraction of sp³-hybridized carbons (Fsp3) is 0.400. The maximum Gasteiger partial charge on any atom is 0.322 e. The lowest BCUT2D eigenvalue weighted by molar-refractivity contribution is 0.379. The summed E-state index contributed by atoms with van der Waals surface area (Å²) in [4.78, 5) is 15.0. The van der Waals surface area contributed by atoms with Crippen LogP contribution in [0.4, 0.5) is 17.6 Å². The van der Waals surface area contributed by atoms with E-state index in [1.165, 1.54) is 5.56 Å². The molecule has 112 valence electrons. The van der Waals surface area contributed by atoms with Gasteiger partial charge in [-0.25, -0.2) is 0 Å². The van der Waals surface area contributed by atoms with Crippen molar-refractivity contribution in [3.8, 4) is 6.01 Å². The molecule has 1 N–H and O–H groups in total. The van der Waals surface area contributed by atoms with Crippen molar-refractivity contribution in [1.82, 2.24) is 15.0 Å². The highest BCUT2D eigenvalue weighted by molar-refractivity contribution is 5.59. The van der Waals surface area contributed by atoms with Crippen LogP contribution in [0.1, 0.15) is 19.4 Å². The second-order valence-corrected chi connectivity index (χ2v) is 4.56. The summed E-state index contributed by atoms with van der Waals surface area (Å²) < 4.78 is 5.17. The molecule has 0 amide bonds. The average Bonchev–Trinajstić information content (AvgIpc) is 2.48. The van der Waals surface area contributed by atoms with Gasteiger partial charge in [-0.1, -0.05) is 12.1 Å². The standard InChI is InChI=1S/C15H21N5O/c1-5-16-13-17-14(19-15(18-13)21-4)20(6-2)12-9-7-8-11(3)10-12/h7-10H,5-6H2,1-4H3,(H,16,17,18,19). The molecule has 6 nitrogen and oxygen atoms in total.